The van der Waals surface area contributed by atoms with E-state index >= 15 is 0 Å². The molecule has 1 amide bonds. The molecule has 4 nitrogen and oxygen atoms in total. The van der Waals surface area contributed by atoms with Crippen LogP contribution in [0.1, 0.15) is 34.9 Å². The molecule has 3 heterocycles. The average molecular weight is 378 g/mol. The van der Waals surface area contributed by atoms with Crippen LogP contribution < -0.4 is 0 Å². The summed E-state index contributed by atoms with van der Waals surface area (Å²) in [7, 11) is 0. The van der Waals surface area contributed by atoms with Gasteiger partial charge >= 0.3 is 0 Å². The Kier molecular flexibility index (Phi) is 3.94. The molecule has 4 aromatic rings. The minimum absolute atomic E-state index is 0.0671. The third-order valence-electron chi connectivity index (χ3n) is 5.59. The van der Waals surface area contributed by atoms with E-state index in [1.807, 2.05) is 29.2 Å². The van der Waals surface area contributed by atoms with Gasteiger partial charge in [-0.3, -0.25) is 4.79 Å². The third-order valence-corrected chi connectivity index (χ3v) is 5.82. The molecule has 1 saturated heterocycles. The first-order valence-corrected chi connectivity index (χ1v) is 9.70. The van der Waals surface area contributed by atoms with Gasteiger partial charge in [-0.05, 0) is 48.6 Å². The predicted molar refractivity (Wildman–Crippen MR) is 109 cm³/mol. The number of hydrogen-bond acceptors (Lipinski definition) is 1. The van der Waals surface area contributed by atoms with E-state index in [4.69, 9.17) is 11.6 Å². The van der Waals surface area contributed by atoms with E-state index in [1.54, 1.807) is 0 Å². The van der Waals surface area contributed by atoms with Crippen molar-refractivity contribution >= 4 is 39.3 Å². The Balaban J connectivity index is 1.31. The van der Waals surface area contributed by atoms with E-state index in [0.29, 0.717) is 16.6 Å². The zero-order chi connectivity index (χ0) is 18.4. The average Bonchev–Trinajstić information content (AvgIpc) is 3.31. The number of carbonyl (C=O) groups excluding carboxylic acids is 1. The number of H-pyrrole nitrogens is 2. The largest absolute Gasteiger partial charge is 0.358 e. The molecule has 5 rings (SSSR count). The van der Waals surface area contributed by atoms with Crippen LogP contribution in [0.2, 0.25) is 5.02 Å². The Morgan fingerprint density at radius 3 is 2.52 bits per heavy atom. The SMILES string of the molecule is O=C(c1cc2ccc(Cl)cc2[nH]1)N1CCC(c2cc3ccccc3[nH]2)CC1. The molecule has 1 fully saturated rings. The van der Waals surface area contributed by atoms with Crippen molar-refractivity contribution in [2.45, 2.75) is 18.8 Å². The van der Waals surface area contributed by atoms with Crippen LogP contribution in [0.25, 0.3) is 21.8 Å². The fourth-order valence-corrected chi connectivity index (χ4v) is 4.27. The van der Waals surface area contributed by atoms with Crippen molar-refractivity contribution in [1.29, 1.82) is 0 Å². The number of fused-ring (bicyclic) bond motifs is 2. The van der Waals surface area contributed by atoms with Crippen LogP contribution in [0.5, 0.6) is 0 Å². The monoisotopic (exact) mass is 377 g/mol. The number of benzene rings is 2. The first-order chi connectivity index (χ1) is 13.2. The maximum atomic E-state index is 12.9. The lowest BCUT2D eigenvalue weighted by atomic mass is 9.93. The fraction of sp³-hybridized carbons (Fsp3) is 0.227. The summed E-state index contributed by atoms with van der Waals surface area (Å²) < 4.78 is 0. The summed E-state index contributed by atoms with van der Waals surface area (Å²) in [6, 6.07) is 18.2. The van der Waals surface area contributed by atoms with Gasteiger partial charge in [0.1, 0.15) is 5.69 Å². The summed E-state index contributed by atoms with van der Waals surface area (Å²) in [5.74, 6) is 0.542. The number of aromatic amines is 2. The van der Waals surface area contributed by atoms with Crippen molar-refractivity contribution in [1.82, 2.24) is 14.9 Å². The maximum Gasteiger partial charge on any atom is 0.270 e. The maximum absolute atomic E-state index is 12.9. The number of carbonyl (C=O) groups is 1. The molecule has 0 radical (unpaired) electrons. The van der Waals surface area contributed by atoms with E-state index < -0.39 is 0 Å². The van der Waals surface area contributed by atoms with E-state index in [1.165, 1.54) is 16.6 Å². The van der Waals surface area contributed by atoms with Crippen molar-refractivity contribution in [3.05, 3.63) is 71.0 Å². The minimum atomic E-state index is 0.0671. The highest BCUT2D eigenvalue weighted by Gasteiger charge is 2.26. The summed E-state index contributed by atoms with van der Waals surface area (Å²) in [5, 5.41) is 2.93. The Morgan fingerprint density at radius 2 is 1.70 bits per heavy atom. The lowest BCUT2D eigenvalue weighted by Crippen LogP contribution is -2.38. The highest BCUT2D eigenvalue weighted by atomic mass is 35.5. The van der Waals surface area contributed by atoms with E-state index in [-0.39, 0.29) is 5.91 Å². The van der Waals surface area contributed by atoms with E-state index in [2.05, 4.69) is 40.3 Å². The molecule has 1 aliphatic heterocycles. The van der Waals surface area contributed by atoms with Gasteiger partial charge in [0.2, 0.25) is 0 Å². The Labute approximate surface area is 162 Å². The molecule has 5 heteroatoms. The van der Waals surface area contributed by atoms with Crippen LogP contribution in [0.15, 0.2) is 54.6 Å². The summed E-state index contributed by atoms with van der Waals surface area (Å²) in [6.45, 7) is 1.55. The van der Waals surface area contributed by atoms with Crippen molar-refractivity contribution in [3.8, 4) is 0 Å². The summed E-state index contributed by atoms with van der Waals surface area (Å²) in [6.07, 6.45) is 1.95. The number of halogens is 1. The molecule has 0 bridgehead atoms. The Bertz CT molecular complexity index is 1100. The molecule has 2 N–H and O–H groups in total. The second kappa shape index (κ2) is 6.46. The second-order valence-electron chi connectivity index (χ2n) is 7.29. The normalized spacial score (nSPS) is 15.7. The van der Waals surface area contributed by atoms with Crippen molar-refractivity contribution in [2.75, 3.05) is 13.1 Å². The molecule has 27 heavy (non-hydrogen) atoms. The van der Waals surface area contributed by atoms with Gasteiger partial charge in [0.05, 0.1) is 0 Å². The fourth-order valence-electron chi connectivity index (χ4n) is 4.09. The predicted octanol–water partition coefficient (Wildman–Crippen LogP) is 5.32. The molecule has 2 aromatic carbocycles. The first-order valence-electron chi connectivity index (χ1n) is 9.32. The molecule has 0 atom stereocenters. The van der Waals surface area contributed by atoms with Crippen LogP contribution in [-0.2, 0) is 0 Å². The van der Waals surface area contributed by atoms with Crippen LogP contribution in [0.4, 0.5) is 0 Å². The standard InChI is InChI=1S/C22H20ClN3O/c23-17-6-5-16-12-21(25-20(16)13-17)22(27)26-9-7-14(8-10-26)19-11-15-3-1-2-4-18(15)24-19/h1-6,11-14,24-25H,7-10H2. The molecular formula is C22H20ClN3O. The highest BCUT2D eigenvalue weighted by Crippen LogP contribution is 2.30. The number of aromatic nitrogens is 2. The van der Waals surface area contributed by atoms with Crippen molar-refractivity contribution in [3.63, 3.8) is 0 Å². The number of likely N-dealkylation sites (tertiary alicyclic amines) is 1. The number of amides is 1. The van der Waals surface area contributed by atoms with Crippen LogP contribution in [0.3, 0.4) is 0 Å². The lowest BCUT2D eigenvalue weighted by Gasteiger charge is -2.31. The van der Waals surface area contributed by atoms with Crippen molar-refractivity contribution < 1.29 is 4.79 Å². The summed E-state index contributed by atoms with van der Waals surface area (Å²) in [4.78, 5) is 21.6. The second-order valence-corrected chi connectivity index (χ2v) is 7.73. The highest BCUT2D eigenvalue weighted by molar-refractivity contribution is 6.31. The minimum Gasteiger partial charge on any atom is -0.358 e. The smallest absolute Gasteiger partial charge is 0.270 e. The molecule has 0 saturated carbocycles. The van der Waals surface area contributed by atoms with Crippen LogP contribution in [-0.4, -0.2) is 33.9 Å². The third kappa shape index (κ3) is 3.00. The number of nitrogens with zero attached hydrogens (tertiary/aromatic N) is 1. The van der Waals surface area contributed by atoms with Crippen LogP contribution >= 0.6 is 11.6 Å². The van der Waals surface area contributed by atoms with Gasteiger partial charge in [0, 0.05) is 46.1 Å². The molecule has 0 spiro atoms. The van der Waals surface area contributed by atoms with Gasteiger partial charge < -0.3 is 14.9 Å². The van der Waals surface area contributed by atoms with Gasteiger partial charge in [-0.15, -0.1) is 0 Å². The molecular weight excluding hydrogens is 358 g/mol. The zero-order valence-electron chi connectivity index (χ0n) is 14.8. The Hall–Kier alpha value is -2.72. The molecule has 0 aliphatic carbocycles. The quantitative estimate of drug-likeness (QED) is 0.488. The van der Waals surface area contributed by atoms with E-state index in [9.17, 15) is 4.79 Å². The Morgan fingerprint density at radius 1 is 0.926 bits per heavy atom. The van der Waals surface area contributed by atoms with Gasteiger partial charge in [0.15, 0.2) is 0 Å². The molecule has 2 aromatic heterocycles. The van der Waals surface area contributed by atoms with Gasteiger partial charge in [-0.25, -0.2) is 0 Å². The number of hydrogen-bond donors (Lipinski definition) is 2. The lowest BCUT2D eigenvalue weighted by molar-refractivity contribution is 0.0707. The number of piperidine rings is 1. The summed E-state index contributed by atoms with van der Waals surface area (Å²) >= 11 is 6.04. The molecule has 1 aliphatic rings. The topological polar surface area (TPSA) is 51.9 Å². The number of para-hydroxylation sites is 1. The first kappa shape index (κ1) is 16.5. The molecule has 136 valence electrons. The number of rotatable bonds is 2. The van der Waals surface area contributed by atoms with Crippen molar-refractivity contribution in [2.24, 2.45) is 0 Å². The molecule has 0 unspecified atom stereocenters. The number of nitrogens with one attached hydrogen (secondary N) is 2. The van der Waals surface area contributed by atoms with Gasteiger partial charge in [0.25, 0.3) is 5.91 Å². The van der Waals surface area contributed by atoms with Gasteiger partial charge in [-0.2, -0.15) is 0 Å². The van der Waals surface area contributed by atoms with Crippen LogP contribution in [0, 0.1) is 0 Å². The summed E-state index contributed by atoms with van der Waals surface area (Å²) in [5.41, 5.74) is 4.00. The zero-order valence-corrected chi connectivity index (χ0v) is 15.6. The van der Waals surface area contributed by atoms with Gasteiger partial charge in [-0.1, -0.05) is 35.9 Å². The van der Waals surface area contributed by atoms with E-state index in [0.717, 1.165) is 36.8 Å².